The van der Waals surface area contributed by atoms with Gasteiger partial charge in [0.1, 0.15) is 5.75 Å². The van der Waals surface area contributed by atoms with Crippen LogP contribution in [0.3, 0.4) is 0 Å². The molecular weight excluding hydrogens is 488 g/mol. The van der Waals surface area contributed by atoms with E-state index < -0.39 is 5.97 Å². The Kier molecular flexibility index (Phi) is 6.67. The number of imidazole rings is 1. The molecule has 0 N–H and O–H groups in total. The van der Waals surface area contributed by atoms with Gasteiger partial charge in [-0.05, 0) is 47.3 Å². The lowest BCUT2D eigenvalue weighted by atomic mass is 9.95. The Hall–Kier alpha value is -4.17. The van der Waals surface area contributed by atoms with Crippen LogP contribution in [0.1, 0.15) is 6.92 Å². The molecule has 0 amide bonds. The first kappa shape index (κ1) is 24.5. The Balaban J connectivity index is 1.89. The Morgan fingerprint density at radius 2 is 1.59 bits per heavy atom. The van der Waals surface area contributed by atoms with E-state index in [-0.39, 0.29) is 0 Å². The van der Waals surface area contributed by atoms with Gasteiger partial charge in [0.15, 0.2) is 16.7 Å². The lowest BCUT2D eigenvalue weighted by molar-refractivity contribution is -0.131. The zero-order chi connectivity index (χ0) is 26.1. The van der Waals surface area contributed by atoms with Crippen molar-refractivity contribution in [1.29, 1.82) is 0 Å². The van der Waals surface area contributed by atoms with Crippen LogP contribution in [0.5, 0.6) is 23.0 Å². The number of esters is 1. The third-order valence-electron chi connectivity index (χ3n) is 6.13. The maximum atomic E-state index is 12.1. The largest absolute Gasteiger partial charge is 0.497 e. The molecule has 37 heavy (non-hydrogen) atoms. The fourth-order valence-corrected chi connectivity index (χ4v) is 5.29. The number of hydrogen-bond acceptors (Lipinski definition) is 7. The molecule has 4 aromatic carbocycles. The Labute approximate surface area is 218 Å². The lowest BCUT2D eigenvalue weighted by Gasteiger charge is -2.18. The average Bonchev–Trinajstić information content (AvgIpc) is 3.22. The molecule has 5 aromatic rings. The van der Waals surface area contributed by atoms with E-state index in [4.69, 9.17) is 23.9 Å². The Morgan fingerprint density at radius 1 is 0.865 bits per heavy atom. The minimum Gasteiger partial charge on any atom is -0.497 e. The Bertz CT molecular complexity index is 1610. The van der Waals surface area contributed by atoms with Crippen molar-refractivity contribution in [2.45, 2.75) is 17.0 Å². The van der Waals surface area contributed by atoms with Crippen LogP contribution in [-0.4, -0.2) is 36.8 Å². The van der Waals surface area contributed by atoms with Crippen LogP contribution < -0.4 is 18.9 Å². The summed E-state index contributed by atoms with van der Waals surface area (Å²) < 4.78 is 24.4. The van der Waals surface area contributed by atoms with Crippen molar-refractivity contribution >= 4 is 39.5 Å². The van der Waals surface area contributed by atoms with E-state index in [0.29, 0.717) is 22.6 Å². The van der Waals surface area contributed by atoms with Gasteiger partial charge in [0.05, 0.1) is 32.4 Å². The molecule has 0 saturated heterocycles. The van der Waals surface area contributed by atoms with Crippen molar-refractivity contribution in [3.05, 3.63) is 66.7 Å². The minimum absolute atomic E-state index is 0.305. The quantitative estimate of drug-likeness (QED) is 0.181. The zero-order valence-corrected chi connectivity index (χ0v) is 22.0. The average molecular weight is 515 g/mol. The van der Waals surface area contributed by atoms with Crippen molar-refractivity contribution in [1.82, 2.24) is 9.55 Å². The predicted octanol–water partition coefficient (Wildman–Crippen LogP) is 6.50. The monoisotopic (exact) mass is 514 g/mol. The van der Waals surface area contributed by atoms with Gasteiger partial charge in [-0.15, -0.1) is 0 Å². The van der Waals surface area contributed by atoms with Crippen LogP contribution in [0.15, 0.2) is 76.8 Å². The molecule has 1 heterocycles. The van der Waals surface area contributed by atoms with Gasteiger partial charge in [-0.2, -0.15) is 0 Å². The summed E-state index contributed by atoms with van der Waals surface area (Å²) in [6.07, 6.45) is 0. The van der Waals surface area contributed by atoms with Crippen LogP contribution in [0.2, 0.25) is 0 Å². The highest BCUT2D eigenvalue weighted by Crippen LogP contribution is 2.49. The number of nitrogens with zero attached hydrogens (tertiary/aromatic N) is 2. The molecule has 0 saturated carbocycles. The van der Waals surface area contributed by atoms with E-state index >= 15 is 0 Å². The summed E-state index contributed by atoms with van der Waals surface area (Å²) in [5.41, 5.74) is 3.53. The third-order valence-corrected chi connectivity index (χ3v) is 7.18. The molecule has 5 rings (SSSR count). The van der Waals surface area contributed by atoms with Crippen LogP contribution in [0.25, 0.3) is 32.9 Å². The van der Waals surface area contributed by atoms with Crippen LogP contribution in [0.4, 0.5) is 0 Å². The molecular formula is C29H26N2O5S. The van der Waals surface area contributed by atoms with Crippen molar-refractivity contribution in [2.75, 3.05) is 21.3 Å². The molecule has 0 fully saturated rings. The predicted molar refractivity (Wildman–Crippen MR) is 145 cm³/mol. The SMILES string of the molecule is COc1ccc(-c2c3cc(OC)c(OC)c(OC(C)=O)c3cc3c2nc(Sc2ccccc2)n3C)cc1. The highest BCUT2D eigenvalue weighted by atomic mass is 32.2. The van der Waals surface area contributed by atoms with Crippen LogP contribution in [-0.2, 0) is 11.8 Å². The van der Waals surface area contributed by atoms with E-state index in [9.17, 15) is 4.79 Å². The van der Waals surface area contributed by atoms with Crippen LogP contribution >= 0.6 is 11.8 Å². The minimum atomic E-state index is -0.454. The molecule has 188 valence electrons. The molecule has 7 nitrogen and oxygen atoms in total. The number of aromatic nitrogens is 2. The van der Waals surface area contributed by atoms with E-state index in [1.165, 1.54) is 14.0 Å². The van der Waals surface area contributed by atoms with Gasteiger partial charge in [0.25, 0.3) is 0 Å². The van der Waals surface area contributed by atoms with E-state index in [2.05, 4.69) is 12.1 Å². The zero-order valence-electron chi connectivity index (χ0n) is 21.2. The van der Waals surface area contributed by atoms with Crippen molar-refractivity contribution < 1.29 is 23.7 Å². The number of fused-ring (bicyclic) bond motifs is 2. The molecule has 0 aliphatic carbocycles. The summed E-state index contributed by atoms with van der Waals surface area (Å²) in [5, 5.41) is 2.37. The molecule has 0 spiro atoms. The normalized spacial score (nSPS) is 11.1. The number of aryl methyl sites for hydroxylation is 1. The topological polar surface area (TPSA) is 71.8 Å². The molecule has 8 heteroatoms. The molecule has 0 aliphatic rings. The molecule has 1 aromatic heterocycles. The molecule has 0 unspecified atom stereocenters. The van der Waals surface area contributed by atoms with Gasteiger partial charge in [-0.3, -0.25) is 4.79 Å². The van der Waals surface area contributed by atoms with E-state index in [0.717, 1.165) is 43.3 Å². The van der Waals surface area contributed by atoms with Gasteiger partial charge in [-0.1, -0.05) is 42.1 Å². The summed E-state index contributed by atoms with van der Waals surface area (Å²) in [6.45, 7) is 1.37. The van der Waals surface area contributed by atoms with Crippen LogP contribution in [0, 0.1) is 0 Å². The van der Waals surface area contributed by atoms with Gasteiger partial charge in [-0.25, -0.2) is 4.98 Å². The molecule has 0 aliphatic heterocycles. The summed E-state index contributed by atoms with van der Waals surface area (Å²) in [6, 6.07) is 21.8. The number of rotatable bonds is 7. The number of carbonyl (C=O) groups excluding carboxylic acids is 1. The number of benzene rings is 4. The summed E-state index contributed by atoms with van der Waals surface area (Å²) in [4.78, 5) is 18.3. The number of hydrogen-bond donors (Lipinski definition) is 0. The van der Waals surface area contributed by atoms with Gasteiger partial charge in [0.2, 0.25) is 5.75 Å². The summed E-state index contributed by atoms with van der Waals surface area (Å²) in [7, 11) is 6.70. The highest BCUT2D eigenvalue weighted by molar-refractivity contribution is 7.99. The summed E-state index contributed by atoms with van der Waals surface area (Å²) in [5.74, 6) is 1.41. The standard InChI is InChI=1S/C29H26N2O5S/c1-17(32)36-27-22-15-23-26(30-29(31(23)2)37-20-9-7-6-8-10-20)25(18-11-13-19(33-3)14-12-18)21(22)16-24(34-4)28(27)35-5/h6-16H,1-5H3. The van der Waals surface area contributed by atoms with E-state index in [1.54, 1.807) is 26.0 Å². The second-order valence-corrected chi connectivity index (χ2v) is 9.39. The van der Waals surface area contributed by atoms with Crippen molar-refractivity contribution in [3.8, 4) is 34.1 Å². The lowest BCUT2D eigenvalue weighted by Crippen LogP contribution is -2.05. The molecule has 0 radical (unpaired) electrons. The smallest absolute Gasteiger partial charge is 0.308 e. The highest BCUT2D eigenvalue weighted by Gasteiger charge is 2.24. The second kappa shape index (κ2) is 10.1. The first-order valence-corrected chi connectivity index (χ1v) is 12.4. The first-order chi connectivity index (χ1) is 17.9. The fraction of sp³-hybridized carbons (Fsp3) is 0.172. The van der Waals surface area contributed by atoms with Crippen molar-refractivity contribution in [2.24, 2.45) is 7.05 Å². The fourth-order valence-electron chi connectivity index (χ4n) is 4.41. The first-order valence-electron chi connectivity index (χ1n) is 11.6. The Morgan fingerprint density at radius 3 is 2.22 bits per heavy atom. The van der Waals surface area contributed by atoms with Gasteiger partial charge >= 0.3 is 5.97 Å². The molecule has 0 atom stereocenters. The summed E-state index contributed by atoms with van der Waals surface area (Å²) >= 11 is 1.58. The van der Waals surface area contributed by atoms with Gasteiger partial charge in [0, 0.05) is 29.8 Å². The third kappa shape index (κ3) is 4.44. The number of carbonyl (C=O) groups is 1. The van der Waals surface area contributed by atoms with Crippen molar-refractivity contribution in [3.63, 3.8) is 0 Å². The number of ether oxygens (including phenoxy) is 4. The second-order valence-electron chi connectivity index (χ2n) is 8.35. The molecule has 0 bridgehead atoms. The maximum Gasteiger partial charge on any atom is 0.308 e. The maximum absolute atomic E-state index is 12.1. The van der Waals surface area contributed by atoms with Gasteiger partial charge < -0.3 is 23.5 Å². The number of methoxy groups -OCH3 is 3. The van der Waals surface area contributed by atoms with E-state index in [1.807, 2.05) is 66.2 Å².